The monoisotopic (exact) mass is 394 g/mol. The number of carbonyl (C=O) groups is 1. The zero-order valence-electron chi connectivity index (χ0n) is 16.1. The molecule has 0 amide bonds. The lowest BCUT2D eigenvalue weighted by Crippen LogP contribution is -2.53. The molecule has 0 atom stereocenters. The maximum Gasteiger partial charge on any atom is 0.333 e. The SMILES string of the molecule is C=C(C)C(=O)OCCC[SiH2]O[Si](C)(C)O[Si](C)(C)O[Si](C)(C)C. The second kappa shape index (κ2) is 9.44. The molecule has 0 spiro atoms. The maximum atomic E-state index is 11.2. The largest absolute Gasteiger partial charge is 0.462 e. The minimum absolute atomic E-state index is 0.318. The van der Waals surface area contributed by atoms with Crippen LogP contribution in [0.2, 0.25) is 51.9 Å². The highest BCUT2D eigenvalue weighted by Gasteiger charge is 2.38. The van der Waals surface area contributed by atoms with Crippen LogP contribution in [0.4, 0.5) is 0 Å². The lowest BCUT2D eigenvalue weighted by atomic mass is 10.4. The van der Waals surface area contributed by atoms with E-state index < -0.39 is 35.2 Å². The van der Waals surface area contributed by atoms with Gasteiger partial charge in [-0.3, -0.25) is 0 Å². The van der Waals surface area contributed by atoms with Gasteiger partial charge in [-0.1, -0.05) is 6.58 Å². The molecule has 0 aliphatic rings. The Hall–Kier alpha value is -0.0425. The Bertz CT molecular complexity index is 404. The lowest BCUT2D eigenvalue weighted by Gasteiger charge is -2.37. The van der Waals surface area contributed by atoms with E-state index in [4.69, 9.17) is 17.1 Å². The van der Waals surface area contributed by atoms with Crippen molar-refractivity contribution in [2.24, 2.45) is 0 Å². The average molecular weight is 395 g/mol. The predicted molar refractivity (Wildman–Crippen MR) is 105 cm³/mol. The van der Waals surface area contributed by atoms with Crippen LogP contribution in [0.1, 0.15) is 13.3 Å². The number of hydrogen-bond acceptors (Lipinski definition) is 5. The van der Waals surface area contributed by atoms with E-state index in [1.54, 1.807) is 6.92 Å². The molecular weight excluding hydrogens is 360 g/mol. The van der Waals surface area contributed by atoms with Crippen LogP contribution in [0.25, 0.3) is 0 Å². The Morgan fingerprint density at radius 2 is 1.57 bits per heavy atom. The van der Waals surface area contributed by atoms with Crippen LogP contribution in [0.5, 0.6) is 0 Å². The Balaban J connectivity index is 4.05. The third-order valence-electron chi connectivity index (χ3n) is 2.61. The van der Waals surface area contributed by atoms with Crippen molar-refractivity contribution in [1.82, 2.24) is 0 Å². The van der Waals surface area contributed by atoms with Crippen molar-refractivity contribution in [2.75, 3.05) is 6.61 Å². The summed E-state index contributed by atoms with van der Waals surface area (Å²) < 4.78 is 23.7. The zero-order valence-corrected chi connectivity index (χ0v) is 20.5. The Morgan fingerprint density at radius 3 is 2.04 bits per heavy atom. The zero-order chi connectivity index (χ0) is 18.3. The highest BCUT2D eigenvalue weighted by molar-refractivity contribution is 6.86. The van der Waals surface area contributed by atoms with E-state index >= 15 is 0 Å². The summed E-state index contributed by atoms with van der Waals surface area (Å²) in [7, 11) is -6.54. The van der Waals surface area contributed by atoms with Gasteiger partial charge in [0.2, 0.25) is 0 Å². The van der Waals surface area contributed by atoms with Gasteiger partial charge < -0.3 is 17.1 Å². The van der Waals surface area contributed by atoms with E-state index in [-0.39, 0.29) is 5.97 Å². The van der Waals surface area contributed by atoms with Crippen molar-refractivity contribution in [3.05, 3.63) is 12.2 Å². The van der Waals surface area contributed by atoms with Gasteiger partial charge in [0.15, 0.2) is 8.32 Å². The van der Waals surface area contributed by atoms with E-state index in [9.17, 15) is 4.79 Å². The van der Waals surface area contributed by atoms with Crippen molar-refractivity contribution in [2.45, 2.75) is 65.2 Å². The number of hydrogen-bond donors (Lipinski definition) is 0. The maximum absolute atomic E-state index is 11.2. The third-order valence-corrected chi connectivity index (χ3v) is 15.3. The van der Waals surface area contributed by atoms with Gasteiger partial charge in [-0.05, 0) is 65.2 Å². The standard InChI is InChI=1S/C14H34O5Si4/c1-13(2)14(15)16-11-10-12-20-17-22(6,7)19-23(8,9)18-21(3,4)5/h1,10-12,20H2,2-9H3. The smallest absolute Gasteiger partial charge is 0.333 e. The molecular formula is C14H34O5Si4. The molecule has 0 aliphatic carbocycles. The Morgan fingerprint density at radius 1 is 1.00 bits per heavy atom. The molecule has 23 heavy (non-hydrogen) atoms. The number of rotatable bonds is 11. The summed E-state index contributed by atoms with van der Waals surface area (Å²) in [5, 5.41) is 0. The fourth-order valence-corrected chi connectivity index (χ4v) is 17.1. The van der Waals surface area contributed by atoms with Crippen LogP contribution in [0, 0.1) is 0 Å². The van der Waals surface area contributed by atoms with Gasteiger partial charge in [0, 0.05) is 5.57 Å². The molecule has 0 saturated carbocycles. The molecule has 0 aromatic carbocycles. The third kappa shape index (κ3) is 13.0. The van der Waals surface area contributed by atoms with Gasteiger partial charge >= 0.3 is 23.1 Å². The van der Waals surface area contributed by atoms with Crippen LogP contribution in [-0.4, -0.2) is 47.8 Å². The molecule has 0 unspecified atom stereocenters. The normalized spacial score (nSPS) is 13.6. The van der Waals surface area contributed by atoms with Crippen LogP contribution in [-0.2, 0) is 21.9 Å². The van der Waals surface area contributed by atoms with Crippen LogP contribution in [0.3, 0.4) is 0 Å². The van der Waals surface area contributed by atoms with Gasteiger partial charge in [-0.15, -0.1) is 0 Å². The summed E-state index contributed by atoms with van der Waals surface area (Å²) in [5.41, 5.74) is 0.440. The fourth-order valence-electron chi connectivity index (χ4n) is 2.19. The highest BCUT2D eigenvalue weighted by Crippen LogP contribution is 2.20. The molecule has 0 saturated heterocycles. The van der Waals surface area contributed by atoms with Gasteiger partial charge in [-0.2, -0.15) is 0 Å². The summed E-state index contributed by atoms with van der Waals surface area (Å²) in [6.45, 7) is 20.6. The molecule has 0 aliphatic heterocycles. The van der Waals surface area contributed by atoms with Gasteiger partial charge in [0.1, 0.15) is 9.76 Å². The van der Waals surface area contributed by atoms with E-state index in [1.807, 2.05) is 0 Å². The Labute approximate surface area is 147 Å². The summed E-state index contributed by atoms with van der Waals surface area (Å²) >= 11 is 0. The summed E-state index contributed by atoms with van der Waals surface area (Å²) in [5.74, 6) is -0.318. The van der Waals surface area contributed by atoms with Crippen molar-refractivity contribution in [3.63, 3.8) is 0 Å². The second-order valence-corrected chi connectivity index (χ2v) is 21.3. The molecule has 136 valence electrons. The minimum Gasteiger partial charge on any atom is -0.462 e. The second-order valence-electron chi connectivity index (χ2n) is 7.59. The van der Waals surface area contributed by atoms with Crippen LogP contribution >= 0.6 is 0 Å². The van der Waals surface area contributed by atoms with E-state index in [0.29, 0.717) is 12.2 Å². The van der Waals surface area contributed by atoms with Crippen molar-refractivity contribution in [3.8, 4) is 0 Å². The molecule has 9 heteroatoms. The molecule has 0 radical (unpaired) electrons. The predicted octanol–water partition coefficient (Wildman–Crippen LogP) is 3.29. The first-order valence-corrected chi connectivity index (χ1v) is 18.7. The molecule has 0 heterocycles. The highest BCUT2D eigenvalue weighted by atomic mass is 28.5. The molecule has 0 bridgehead atoms. The van der Waals surface area contributed by atoms with Crippen LogP contribution < -0.4 is 0 Å². The molecule has 0 rings (SSSR count). The number of ether oxygens (including phenoxy) is 1. The molecule has 0 fully saturated rings. The lowest BCUT2D eigenvalue weighted by molar-refractivity contribution is -0.138. The average Bonchev–Trinajstić information content (AvgIpc) is 2.27. The quantitative estimate of drug-likeness (QED) is 0.233. The van der Waals surface area contributed by atoms with Crippen molar-refractivity contribution < 1.29 is 21.9 Å². The first-order chi connectivity index (χ1) is 10.2. The van der Waals surface area contributed by atoms with Crippen LogP contribution in [0.15, 0.2) is 12.2 Å². The fraction of sp³-hybridized carbons (Fsp3) is 0.786. The van der Waals surface area contributed by atoms with Gasteiger partial charge in [-0.25, -0.2) is 4.79 Å². The van der Waals surface area contributed by atoms with E-state index in [2.05, 4.69) is 52.4 Å². The van der Waals surface area contributed by atoms with Crippen molar-refractivity contribution in [1.29, 1.82) is 0 Å². The molecule has 0 N–H and O–H groups in total. The minimum atomic E-state index is -2.14. The first-order valence-electron chi connectivity index (χ1n) is 8.11. The first kappa shape index (κ1) is 23.0. The van der Waals surface area contributed by atoms with E-state index in [0.717, 1.165) is 12.5 Å². The topological polar surface area (TPSA) is 54.0 Å². The summed E-state index contributed by atoms with van der Waals surface area (Å²) in [4.78, 5) is 11.2. The molecule has 5 nitrogen and oxygen atoms in total. The van der Waals surface area contributed by atoms with Gasteiger partial charge in [0.05, 0.1) is 6.61 Å². The van der Waals surface area contributed by atoms with Crippen molar-refractivity contribution >= 4 is 41.2 Å². The number of esters is 1. The van der Waals surface area contributed by atoms with E-state index in [1.165, 1.54) is 0 Å². The van der Waals surface area contributed by atoms with Gasteiger partial charge in [0.25, 0.3) is 0 Å². The summed E-state index contributed by atoms with van der Waals surface area (Å²) in [6, 6.07) is 0.972. The molecule has 0 aromatic heterocycles. The Kier molecular flexibility index (Phi) is 9.43. The molecule has 0 aromatic rings. The number of carbonyl (C=O) groups excluding carboxylic acids is 1. The summed E-state index contributed by atoms with van der Waals surface area (Å²) in [6.07, 6.45) is 0.835.